The van der Waals surface area contributed by atoms with Crippen molar-refractivity contribution in [2.24, 2.45) is 5.92 Å². The van der Waals surface area contributed by atoms with Crippen molar-refractivity contribution < 1.29 is 13.2 Å². The number of halogens is 4. The van der Waals surface area contributed by atoms with Crippen molar-refractivity contribution in [2.75, 3.05) is 6.67 Å². The van der Waals surface area contributed by atoms with Crippen LogP contribution in [0.4, 0.5) is 13.2 Å². The number of benzene rings is 2. The minimum absolute atomic E-state index is 0.292. The Morgan fingerprint density at radius 1 is 0.923 bits per heavy atom. The maximum absolute atomic E-state index is 13.6. The molecule has 0 heterocycles. The molecule has 0 atom stereocenters. The molecule has 1 aliphatic rings. The number of allylic oxidation sites excluding steroid dienone is 2. The topological polar surface area (TPSA) is 0 Å². The molecule has 0 radical (unpaired) electrons. The average molecular weight is 379 g/mol. The van der Waals surface area contributed by atoms with Crippen LogP contribution in [0.25, 0.3) is 11.1 Å². The van der Waals surface area contributed by atoms with E-state index < -0.39 is 16.7 Å². The van der Waals surface area contributed by atoms with Gasteiger partial charge in [-0.3, -0.25) is 4.39 Å². The van der Waals surface area contributed by atoms with E-state index in [9.17, 15) is 13.2 Å². The smallest absolute Gasteiger partial charge is 0.145 e. The lowest BCUT2D eigenvalue weighted by Crippen LogP contribution is -2.11. The molecule has 0 spiro atoms. The molecular formula is C22H22ClF3. The summed E-state index contributed by atoms with van der Waals surface area (Å²) in [5, 5.41) is -0.470. The average Bonchev–Trinajstić information content (AvgIpc) is 2.67. The first kappa shape index (κ1) is 19.0. The zero-order chi connectivity index (χ0) is 18.5. The summed E-state index contributed by atoms with van der Waals surface area (Å²) in [4.78, 5) is 0. The molecule has 0 aliphatic heterocycles. The fraction of sp³-hybridized carbons (Fsp3) is 0.364. The predicted octanol–water partition coefficient (Wildman–Crippen LogP) is 7.47. The normalized spacial score (nSPS) is 20.6. The van der Waals surface area contributed by atoms with Crippen molar-refractivity contribution in [3.8, 4) is 11.1 Å². The van der Waals surface area contributed by atoms with Gasteiger partial charge in [-0.15, -0.1) is 0 Å². The SMILES string of the molecule is FCC/C=C/[C@H]1CC[C@H](c2ccc(-c3cc(F)c(Cl)c(F)c3)cc2)CC1. The third kappa shape index (κ3) is 4.50. The summed E-state index contributed by atoms with van der Waals surface area (Å²) in [6, 6.07) is 10.4. The molecule has 138 valence electrons. The Balaban J connectivity index is 1.65. The van der Waals surface area contributed by atoms with Crippen molar-refractivity contribution >= 4 is 11.6 Å². The van der Waals surface area contributed by atoms with E-state index in [0.29, 0.717) is 23.8 Å². The third-order valence-electron chi connectivity index (χ3n) is 5.16. The molecule has 4 heteroatoms. The van der Waals surface area contributed by atoms with Gasteiger partial charge < -0.3 is 0 Å². The van der Waals surface area contributed by atoms with Crippen molar-refractivity contribution in [3.63, 3.8) is 0 Å². The van der Waals surface area contributed by atoms with E-state index in [1.165, 1.54) is 17.7 Å². The van der Waals surface area contributed by atoms with Gasteiger partial charge in [0.2, 0.25) is 0 Å². The number of hydrogen-bond acceptors (Lipinski definition) is 0. The van der Waals surface area contributed by atoms with Gasteiger partial charge in [0.05, 0.1) is 6.67 Å². The van der Waals surface area contributed by atoms with Crippen LogP contribution in [0.15, 0.2) is 48.6 Å². The lowest BCUT2D eigenvalue weighted by atomic mass is 9.78. The van der Waals surface area contributed by atoms with Crippen LogP contribution in [0.5, 0.6) is 0 Å². The highest BCUT2D eigenvalue weighted by Gasteiger charge is 2.21. The Morgan fingerprint density at radius 2 is 1.54 bits per heavy atom. The Labute approximate surface area is 157 Å². The Kier molecular flexibility index (Phi) is 6.42. The quantitative estimate of drug-likeness (QED) is 0.373. The molecule has 0 saturated heterocycles. The predicted molar refractivity (Wildman–Crippen MR) is 101 cm³/mol. The monoisotopic (exact) mass is 378 g/mol. The lowest BCUT2D eigenvalue weighted by Gasteiger charge is -2.27. The summed E-state index contributed by atoms with van der Waals surface area (Å²) in [5.41, 5.74) is 2.51. The second-order valence-electron chi connectivity index (χ2n) is 6.89. The Bertz CT molecular complexity index is 736. The van der Waals surface area contributed by atoms with Gasteiger partial charge in [-0.2, -0.15) is 0 Å². The molecular weight excluding hydrogens is 357 g/mol. The molecule has 2 aromatic rings. The van der Waals surface area contributed by atoms with Crippen molar-refractivity contribution in [1.82, 2.24) is 0 Å². The van der Waals surface area contributed by atoms with Crippen LogP contribution >= 0.6 is 11.6 Å². The van der Waals surface area contributed by atoms with Gasteiger partial charge in [0.25, 0.3) is 0 Å². The van der Waals surface area contributed by atoms with Crippen LogP contribution in [0.2, 0.25) is 5.02 Å². The van der Waals surface area contributed by atoms with Gasteiger partial charge in [0.15, 0.2) is 0 Å². The van der Waals surface area contributed by atoms with E-state index in [1.807, 2.05) is 30.3 Å². The molecule has 0 unspecified atom stereocenters. The van der Waals surface area contributed by atoms with Crippen molar-refractivity contribution in [2.45, 2.75) is 38.0 Å². The van der Waals surface area contributed by atoms with Gasteiger partial charge in [-0.1, -0.05) is 48.0 Å². The number of hydrogen-bond donors (Lipinski definition) is 0. The summed E-state index contributed by atoms with van der Waals surface area (Å²) in [5.74, 6) is -0.430. The van der Waals surface area contributed by atoms with E-state index >= 15 is 0 Å². The maximum atomic E-state index is 13.6. The van der Waals surface area contributed by atoms with Gasteiger partial charge in [-0.05, 0) is 72.8 Å². The first-order valence-electron chi connectivity index (χ1n) is 9.06. The van der Waals surface area contributed by atoms with Crippen LogP contribution in [0.1, 0.15) is 43.6 Å². The number of rotatable bonds is 5. The van der Waals surface area contributed by atoms with Crippen LogP contribution in [0.3, 0.4) is 0 Å². The number of alkyl halides is 1. The highest BCUT2D eigenvalue weighted by molar-refractivity contribution is 6.31. The first-order chi connectivity index (χ1) is 12.6. The van der Waals surface area contributed by atoms with E-state index in [1.54, 1.807) is 0 Å². The van der Waals surface area contributed by atoms with Gasteiger partial charge >= 0.3 is 0 Å². The van der Waals surface area contributed by atoms with Crippen LogP contribution in [-0.4, -0.2) is 6.67 Å². The molecule has 26 heavy (non-hydrogen) atoms. The summed E-state index contributed by atoms with van der Waals surface area (Å²) in [6.07, 6.45) is 9.05. The molecule has 0 nitrogen and oxygen atoms in total. The van der Waals surface area contributed by atoms with E-state index in [0.717, 1.165) is 31.2 Å². The van der Waals surface area contributed by atoms with Crippen LogP contribution < -0.4 is 0 Å². The summed E-state index contributed by atoms with van der Waals surface area (Å²) in [6.45, 7) is -0.292. The van der Waals surface area contributed by atoms with Gasteiger partial charge in [-0.25, -0.2) is 8.78 Å². The lowest BCUT2D eigenvalue weighted by molar-refractivity contribution is 0.375. The molecule has 0 N–H and O–H groups in total. The van der Waals surface area contributed by atoms with E-state index in [4.69, 9.17) is 11.6 Å². The van der Waals surface area contributed by atoms with Crippen LogP contribution in [-0.2, 0) is 0 Å². The van der Waals surface area contributed by atoms with Gasteiger partial charge in [0.1, 0.15) is 16.7 Å². The second kappa shape index (κ2) is 8.77. The minimum Gasteiger partial charge on any atom is -0.251 e. The minimum atomic E-state index is -0.745. The molecule has 1 saturated carbocycles. The largest absolute Gasteiger partial charge is 0.251 e. The zero-order valence-electron chi connectivity index (χ0n) is 14.5. The highest BCUT2D eigenvalue weighted by Crippen LogP contribution is 2.37. The summed E-state index contributed by atoms with van der Waals surface area (Å²) < 4.78 is 39.4. The first-order valence-corrected chi connectivity index (χ1v) is 9.43. The molecule has 0 aromatic heterocycles. The van der Waals surface area contributed by atoms with Gasteiger partial charge in [0, 0.05) is 0 Å². The Morgan fingerprint density at radius 3 is 2.12 bits per heavy atom. The maximum Gasteiger partial charge on any atom is 0.145 e. The third-order valence-corrected chi connectivity index (χ3v) is 5.52. The van der Waals surface area contributed by atoms with E-state index in [2.05, 4.69) is 6.08 Å². The molecule has 1 fully saturated rings. The molecule has 2 aromatic carbocycles. The fourth-order valence-electron chi connectivity index (χ4n) is 3.67. The van der Waals surface area contributed by atoms with Crippen LogP contribution in [0, 0.1) is 17.6 Å². The molecule has 1 aliphatic carbocycles. The van der Waals surface area contributed by atoms with E-state index in [-0.39, 0.29) is 6.67 Å². The zero-order valence-corrected chi connectivity index (χ0v) is 15.3. The molecule has 3 rings (SSSR count). The van der Waals surface area contributed by atoms with Crippen molar-refractivity contribution in [3.05, 3.63) is 70.8 Å². The standard InChI is InChI=1S/C22H22ClF3/c23-22-20(25)13-19(14-21(22)26)18-10-8-17(9-11-18)16-6-4-15(5-7-16)3-1-2-12-24/h1,3,8-11,13-16H,2,4-7,12H2/b3-1+/t15-,16-. The highest BCUT2D eigenvalue weighted by atomic mass is 35.5. The second-order valence-corrected chi connectivity index (χ2v) is 7.27. The summed E-state index contributed by atoms with van der Waals surface area (Å²) in [7, 11) is 0. The summed E-state index contributed by atoms with van der Waals surface area (Å²) >= 11 is 5.54. The fourth-order valence-corrected chi connectivity index (χ4v) is 3.78. The Hall–Kier alpha value is -1.74. The molecule has 0 bridgehead atoms. The van der Waals surface area contributed by atoms with Crippen molar-refractivity contribution in [1.29, 1.82) is 0 Å². The molecule has 0 amide bonds.